The minimum atomic E-state index is -0.793. The van der Waals surface area contributed by atoms with Crippen LogP contribution in [0.4, 0.5) is 0 Å². The van der Waals surface area contributed by atoms with Gasteiger partial charge in [0.1, 0.15) is 14.5 Å². The van der Waals surface area contributed by atoms with E-state index in [0.717, 1.165) is 41.5 Å². The molecule has 153 valence electrons. The van der Waals surface area contributed by atoms with Crippen LogP contribution in [0.15, 0.2) is 122 Å². The Morgan fingerprint density at radius 1 is 0.613 bits per heavy atom. The van der Waals surface area contributed by atoms with Gasteiger partial charge in [-0.05, 0) is 41.3 Å². The standard InChI is InChI=1S/C29H27OSi/c1-24(25-12-5-2-6-13-25)26-18-20-27(21-19-26)30-22-11-23-31(28-14-7-3-8-15-28)29-16-9-4-10-17-29/h2-10,12-21H,1,11,22-23H2. The predicted molar refractivity (Wildman–Crippen MR) is 134 cm³/mol. The van der Waals surface area contributed by atoms with Gasteiger partial charge in [0.25, 0.3) is 0 Å². The lowest BCUT2D eigenvalue weighted by Gasteiger charge is -2.16. The van der Waals surface area contributed by atoms with Crippen molar-refractivity contribution >= 4 is 24.7 Å². The van der Waals surface area contributed by atoms with Crippen molar-refractivity contribution in [1.29, 1.82) is 0 Å². The van der Waals surface area contributed by atoms with Crippen LogP contribution in [0, 0.1) is 0 Å². The van der Waals surface area contributed by atoms with Crippen LogP contribution < -0.4 is 15.1 Å². The van der Waals surface area contributed by atoms with Crippen LogP contribution in [0.25, 0.3) is 5.57 Å². The smallest absolute Gasteiger partial charge is 0.121 e. The van der Waals surface area contributed by atoms with Crippen LogP contribution in [-0.4, -0.2) is 15.4 Å². The van der Waals surface area contributed by atoms with Crippen LogP contribution in [0.1, 0.15) is 17.5 Å². The number of hydrogen-bond acceptors (Lipinski definition) is 1. The van der Waals surface area contributed by atoms with Crippen molar-refractivity contribution in [1.82, 2.24) is 0 Å². The molecule has 0 aliphatic heterocycles. The maximum absolute atomic E-state index is 6.06. The van der Waals surface area contributed by atoms with E-state index < -0.39 is 8.80 Å². The Morgan fingerprint density at radius 2 is 1.10 bits per heavy atom. The summed E-state index contributed by atoms with van der Waals surface area (Å²) in [6.45, 7) is 4.97. The first-order chi connectivity index (χ1) is 15.3. The van der Waals surface area contributed by atoms with Crippen molar-refractivity contribution in [2.24, 2.45) is 0 Å². The fraction of sp³-hybridized carbons (Fsp3) is 0.103. The summed E-state index contributed by atoms with van der Waals surface area (Å²) >= 11 is 0. The summed E-state index contributed by atoms with van der Waals surface area (Å²) in [6.07, 6.45) is 1.04. The first kappa shape index (κ1) is 20.9. The normalized spacial score (nSPS) is 10.7. The molecule has 0 saturated carbocycles. The number of ether oxygens (including phenoxy) is 1. The highest BCUT2D eigenvalue weighted by atomic mass is 28.3. The molecular weight excluding hydrogens is 392 g/mol. The zero-order valence-corrected chi connectivity index (χ0v) is 18.7. The molecule has 0 atom stereocenters. The third-order valence-electron chi connectivity index (χ3n) is 5.41. The second-order valence-electron chi connectivity index (χ2n) is 7.53. The highest BCUT2D eigenvalue weighted by Gasteiger charge is 2.16. The van der Waals surface area contributed by atoms with E-state index in [4.69, 9.17) is 4.74 Å². The van der Waals surface area contributed by atoms with Crippen LogP contribution in [0.3, 0.4) is 0 Å². The molecule has 0 aliphatic carbocycles. The third-order valence-corrected chi connectivity index (χ3v) is 8.32. The minimum absolute atomic E-state index is 0.729. The van der Waals surface area contributed by atoms with Gasteiger partial charge in [-0.2, -0.15) is 0 Å². The van der Waals surface area contributed by atoms with Crippen molar-refractivity contribution < 1.29 is 4.74 Å². The third kappa shape index (κ3) is 5.62. The molecule has 4 aromatic carbocycles. The number of rotatable bonds is 9. The van der Waals surface area contributed by atoms with Crippen LogP contribution >= 0.6 is 0 Å². The molecule has 0 aliphatic rings. The highest BCUT2D eigenvalue weighted by Crippen LogP contribution is 2.23. The molecule has 0 amide bonds. The van der Waals surface area contributed by atoms with E-state index in [1.165, 1.54) is 10.4 Å². The van der Waals surface area contributed by atoms with Crippen molar-refractivity contribution in [3.8, 4) is 5.75 Å². The van der Waals surface area contributed by atoms with Crippen LogP contribution in [0.5, 0.6) is 5.75 Å². The summed E-state index contributed by atoms with van der Waals surface area (Å²) < 4.78 is 6.06. The fourth-order valence-corrected chi connectivity index (χ4v) is 6.33. The molecular formula is C29H27OSi. The number of hydrogen-bond donors (Lipinski definition) is 0. The van der Waals surface area contributed by atoms with Gasteiger partial charge >= 0.3 is 0 Å². The van der Waals surface area contributed by atoms with Crippen molar-refractivity contribution in [2.75, 3.05) is 6.61 Å². The van der Waals surface area contributed by atoms with Gasteiger partial charge in [-0.25, -0.2) is 0 Å². The lowest BCUT2D eigenvalue weighted by molar-refractivity contribution is 0.317. The average molecular weight is 420 g/mol. The summed E-state index contributed by atoms with van der Waals surface area (Å²) in [6, 6.07) is 41.5. The molecule has 0 heterocycles. The lowest BCUT2D eigenvalue weighted by Crippen LogP contribution is -2.42. The Labute approximate surface area is 187 Å². The Balaban J connectivity index is 1.34. The van der Waals surface area contributed by atoms with Crippen LogP contribution in [0.2, 0.25) is 6.04 Å². The SMILES string of the molecule is C=C(c1ccccc1)c1ccc(OCCC[Si](c2ccccc2)c2ccccc2)cc1. The van der Waals surface area contributed by atoms with E-state index in [2.05, 4.69) is 91.5 Å². The maximum atomic E-state index is 6.06. The Morgan fingerprint density at radius 3 is 1.65 bits per heavy atom. The molecule has 1 nitrogen and oxygen atoms in total. The molecule has 31 heavy (non-hydrogen) atoms. The van der Waals surface area contributed by atoms with Crippen molar-refractivity contribution in [3.05, 3.63) is 133 Å². The zero-order valence-electron chi connectivity index (χ0n) is 17.7. The molecule has 0 aromatic heterocycles. The first-order valence-electron chi connectivity index (χ1n) is 10.8. The van der Waals surface area contributed by atoms with Gasteiger partial charge in [0.05, 0.1) is 6.61 Å². The quantitative estimate of drug-likeness (QED) is 0.245. The van der Waals surface area contributed by atoms with Crippen LogP contribution in [-0.2, 0) is 0 Å². The fourth-order valence-electron chi connectivity index (χ4n) is 3.73. The average Bonchev–Trinajstić information content (AvgIpc) is 2.85. The van der Waals surface area contributed by atoms with Gasteiger partial charge in [0, 0.05) is 0 Å². The number of benzene rings is 4. The van der Waals surface area contributed by atoms with Gasteiger partial charge in [-0.15, -0.1) is 0 Å². The summed E-state index contributed by atoms with van der Waals surface area (Å²) in [4.78, 5) is 0. The molecule has 0 bridgehead atoms. The summed E-state index contributed by atoms with van der Waals surface area (Å²) in [5.41, 5.74) is 3.30. The molecule has 0 spiro atoms. The molecule has 0 N–H and O–H groups in total. The second-order valence-corrected chi connectivity index (χ2v) is 10.1. The second kappa shape index (κ2) is 10.6. The van der Waals surface area contributed by atoms with E-state index in [1.807, 2.05) is 30.3 Å². The van der Waals surface area contributed by atoms with E-state index >= 15 is 0 Å². The van der Waals surface area contributed by atoms with Gasteiger partial charge in [-0.1, -0.05) is 120 Å². The van der Waals surface area contributed by atoms with Gasteiger partial charge < -0.3 is 4.74 Å². The molecule has 1 radical (unpaired) electrons. The molecule has 4 rings (SSSR count). The van der Waals surface area contributed by atoms with Gasteiger partial charge in [0.15, 0.2) is 0 Å². The van der Waals surface area contributed by atoms with Gasteiger partial charge in [-0.3, -0.25) is 0 Å². The molecule has 2 heteroatoms. The lowest BCUT2D eigenvalue weighted by atomic mass is 10.00. The highest BCUT2D eigenvalue weighted by molar-refractivity contribution is 6.85. The Kier molecular flexibility index (Phi) is 7.14. The minimum Gasteiger partial charge on any atom is -0.494 e. The monoisotopic (exact) mass is 419 g/mol. The van der Waals surface area contributed by atoms with Crippen molar-refractivity contribution in [3.63, 3.8) is 0 Å². The predicted octanol–water partition coefficient (Wildman–Crippen LogP) is 5.83. The first-order valence-corrected chi connectivity index (χ1v) is 12.5. The summed E-state index contributed by atoms with van der Waals surface area (Å²) in [5.74, 6) is 0.915. The summed E-state index contributed by atoms with van der Waals surface area (Å²) in [5, 5.41) is 2.92. The van der Waals surface area contributed by atoms with Crippen molar-refractivity contribution in [2.45, 2.75) is 12.5 Å². The molecule has 0 saturated heterocycles. The Bertz CT molecular complexity index is 1030. The van der Waals surface area contributed by atoms with E-state index in [0.29, 0.717) is 0 Å². The zero-order chi connectivity index (χ0) is 21.3. The van der Waals surface area contributed by atoms with E-state index in [1.54, 1.807) is 0 Å². The Hall–Kier alpha value is -3.36. The van der Waals surface area contributed by atoms with E-state index in [9.17, 15) is 0 Å². The van der Waals surface area contributed by atoms with E-state index in [-0.39, 0.29) is 0 Å². The molecule has 0 fully saturated rings. The largest absolute Gasteiger partial charge is 0.494 e. The molecule has 0 unspecified atom stereocenters. The van der Waals surface area contributed by atoms with Gasteiger partial charge in [0.2, 0.25) is 0 Å². The maximum Gasteiger partial charge on any atom is 0.121 e. The molecule has 4 aromatic rings. The topological polar surface area (TPSA) is 9.23 Å². The summed E-state index contributed by atoms with van der Waals surface area (Å²) in [7, 11) is -0.793.